The van der Waals surface area contributed by atoms with Gasteiger partial charge in [-0.1, -0.05) is 0 Å². The molecule has 1 aliphatic heterocycles. The van der Waals surface area contributed by atoms with Crippen molar-refractivity contribution in [1.29, 1.82) is 0 Å². The molecule has 0 aliphatic carbocycles. The Bertz CT molecular complexity index is 474. The van der Waals surface area contributed by atoms with E-state index >= 15 is 0 Å². The fourth-order valence-corrected chi connectivity index (χ4v) is 2.32. The summed E-state index contributed by atoms with van der Waals surface area (Å²) in [6.07, 6.45) is 1.17. The van der Waals surface area contributed by atoms with E-state index in [4.69, 9.17) is 4.74 Å². The van der Waals surface area contributed by atoms with Crippen LogP contribution in [0.3, 0.4) is 0 Å². The minimum Gasteiger partial charge on any atom is -0.435 e. The molecule has 1 aromatic rings. The minimum atomic E-state index is -2.86. The van der Waals surface area contributed by atoms with Gasteiger partial charge in [0.15, 0.2) is 0 Å². The molecular weight excluding hydrogens is 282 g/mol. The van der Waals surface area contributed by atoms with Gasteiger partial charge in [0.25, 0.3) is 5.91 Å². The van der Waals surface area contributed by atoms with Crippen LogP contribution in [0.15, 0.2) is 24.3 Å². The van der Waals surface area contributed by atoms with Gasteiger partial charge in [-0.25, -0.2) is 0 Å². The Hall–Kier alpha value is -1.73. The highest BCUT2D eigenvalue weighted by Crippen LogP contribution is 2.25. The van der Waals surface area contributed by atoms with Gasteiger partial charge in [-0.3, -0.25) is 4.79 Å². The Labute approximate surface area is 121 Å². The number of piperidine rings is 1. The van der Waals surface area contributed by atoms with Crippen LogP contribution in [0.4, 0.5) is 14.5 Å². The summed E-state index contributed by atoms with van der Waals surface area (Å²) in [5.74, 6) is -0.180. The molecule has 116 valence electrons. The summed E-state index contributed by atoms with van der Waals surface area (Å²) >= 11 is 0. The zero-order valence-electron chi connectivity index (χ0n) is 11.7. The van der Waals surface area contributed by atoms with E-state index in [-0.39, 0.29) is 11.7 Å². The van der Waals surface area contributed by atoms with Crippen molar-refractivity contribution in [3.63, 3.8) is 0 Å². The molecule has 1 fully saturated rings. The number of carbonyl (C=O) groups is 1. The Kier molecular flexibility index (Phi) is 5.08. The van der Waals surface area contributed by atoms with Crippen LogP contribution >= 0.6 is 0 Å². The number of methoxy groups -OCH3 is 1. The number of nitrogens with one attached hydrogen (secondary N) is 2. The monoisotopic (exact) mass is 300 g/mol. The molecule has 1 amide bonds. The van der Waals surface area contributed by atoms with E-state index < -0.39 is 12.2 Å². The summed E-state index contributed by atoms with van der Waals surface area (Å²) in [5, 5.41) is 5.92. The lowest BCUT2D eigenvalue weighted by Crippen LogP contribution is -2.51. The van der Waals surface area contributed by atoms with Crippen molar-refractivity contribution in [2.75, 3.05) is 25.5 Å². The number of benzene rings is 1. The third kappa shape index (κ3) is 3.89. The topological polar surface area (TPSA) is 59.6 Å². The van der Waals surface area contributed by atoms with E-state index in [0.717, 1.165) is 0 Å². The summed E-state index contributed by atoms with van der Waals surface area (Å²) in [6, 6.07) is 5.79. The number of amides is 1. The maximum Gasteiger partial charge on any atom is 0.387 e. The van der Waals surface area contributed by atoms with Crippen LogP contribution in [-0.2, 0) is 9.53 Å². The molecule has 1 heterocycles. The highest BCUT2D eigenvalue weighted by molar-refractivity contribution is 5.97. The molecule has 0 saturated carbocycles. The van der Waals surface area contributed by atoms with Gasteiger partial charge in [0.2, 0.25) is 0 Å². The van der Waals surface area contributed by atoms with E-state index in [1.807, 2.05) is 0 Å². The molecule has 0 atom stereocenters. The van der Waals surface area contributed by atoms with Gasteiger partial charge in [0.05, 0.1) is 0 Å². The van der Waals surface area contributed by atoms with Crippen LogP contribution in [0.5, 0.6) is 5.75 Å². The predicted octanol–water partition coefficient (Wildman–Crippen LogP) is 2.00. The van der Waals surface area contributed by atoms with Gasteiger partial charge in [-0.05, 0) is 50.2 Å². The van der Waals surface area contributed by atoms with Gasteiger partial charge < -0.3 is 20.1 Å². The maximum absolute atomic E-state index is 12.4. The van der Waals surface area contributed by atoms with E-state index in [2.05, 4.69) is 15.4 Å². The summed E-state index contributed by atoms with van der Waals surface area (Å²) in [5.41, 5.74) is -0.333. The molecule has 2 rings (SSSR count). The van der Waals surface area contributed by atoms with E-state index in [0.29, 0.717) is 31.6 Å². The first-order valence-electron chi connectivity index (χ1n) is 6.68. The van der Waals surface area contributed by atoms with Crippen molar-refractivity contribution in [2.24, 2.45) is 0 Å². The lowest BCUT2D eigenvalue weighted by atomic mass is 9.91. The Morgan fingerprint density at radius 1 is 1.29 bits per heavy atom. The standard InChI is InChI=1S/C14H18F2N2O3/c1-20-14(6-8-17-9-7-14)12(19)18-10-2-4-11(5-3-10)21-13(15)16/h2-5,13,17H,6-9H2,1H3,(H,18,19). The van der Waals surface area contributed by atoms with Crippen LogP contribution in [0, 0.1) is 0 Å². The molecule has 2 N–H and O–H groups in total. The van der Waals surface area contributed by atoms with Crippen LogP contribution in [0.1, 0.15) is 12.8 Å². The molecule has 7 heteroatoms. The summed E-state index contributed by atoms with van der Waals surface area (Å²) < 4.78 is 33.8. The normalized spacial score (nSPS) is 17.5. The molecule has 0 bridgehead atoms. The first kappa shape index (κ1) is 15.7. The third-order valence-corrected chi connectivity index (χ3v) is 3.55. The molecular formula is C14H18F2N2O3. The molecule has 0 spiro atoms. The van der Waals surface area contributed by atoms with Gasteiger partial charge in [0, 0.05) is 12.8 Å². The van der Waals surface area contributed by atoms with Gasteiger partial charge in [-0.2, -0.15) is 8.78 Å². The smallest absolute Gasteiger partial charge is 0.387 e. The summed E-state index contributed by atoms with van der Waals surface area (Å²) in [4.78, 5) is 12.4. The number of ether oxygens (including phenoxy) is 2. The lowest BCUT2D eigenvalue weighted by Gasteiger charge is -2.34. The molecule has 21 heavy (non-hydrogen) atoms. The Morgan fingerprint density at radius 3 is 2.43 bits per heavy atom. The number of hydrogen-bond acceptors (Lipinski definition) is 4. The molecule has 0 aromatic heterocycles. The predicted molar refractivity (Wildman–Crippen MR) is 73.5 cm³/mol. The SMILES string of the molecule is COC1(C(=O)Nc2ccc(OC(F)F)cc2)CCNCC1. The number of rotatable bonds is 5. The number of alkyl halides is 2. The first-order chi connectivity index (χ1) is 10.1. The lowest BCUT2D eigenvalue weighted by molar-refractivity contribution is -0.140. The number of anilines is 1. The van der Waals surface area contributed by atoms with Crippen molar-refractivity contribution in [3.8, 4) is 5.75 Å². The van der Waals surface area contributed by atoms with E-state index in [1.165, 1.54) is 31.4 Å². The van der Waals surface area contributed by atoms with Crippen molar-refractivity contribution in [2.45, 2.75) is 25.1 Å². The van der Waals surface area contributed by atoms with Crippen molar-refractivity contribution in [1.82, 2.24) is 5.32 Å². The Morgan fingerprint density at radius 2 is 1.90 bits per heavy atom. The van der Waals surface area contributed by atoms with E-state index in [9.17, 15) is 13.6 Å². The average molecular weight is 300 g/mol. The molecule has 1 aromatic carbocycles. The summed E-state index contributed by atoms with van der Waals surface area (Å²) in [7, 11) is 1.52. The minimum absolute atomic E-state index is 0.0475. The van der Waals surface area contributed by atoms with Crippen molar-refractivity contribution >= 4 is 11.6 Å². The number of carbonyl (C=O) groups excluding carboxylic acids is 1. The van der Waals surface area contributed by atoms with Gasteiger partial charge in [-0.15, -0.1) is 0 Å². The quantitative estimate of drug-likeness (QED) is 0.873. The molecule has 0 unspecified atom stereocenters. The second kappa shape index (κ2) is 6.82. The second-order valence-electron chi connectivity index (χ2n) is 4.81. The summed E-state index contributed by atoms with van der Waals surface area (Å²) in [6.45, 7) is -1.44. The highest BCUT2D eigenvalue weighted by atomic mass is 19.3. The highest BCUT2D eigenvalue weighted by Gasteiger charge is 2.39. The van der Waals surface area contributed by atoms with Crippen molar-refractivity contribution < 1.29 is 23.0 Å². The second-order valence-corrected chi connectivity index (χ2v) is 4.81. The molecule has 0 radical (unpaired) electrons. The maximum atomic E-state index is 12.4. The van der Waals surface area contributed by atoms with Crippen LogP contribution in [-0.4, -0.2) is 38.3 Å². The van der Waals surface area contributed by atoms with Crippen LogP contribution in [0.25, 0.3) is 0 Å². The molecule has 5 nitrogen and oxygen atoms in total. The largest absolute Gasteiger partial charge is 0.435 e. The zero-order chi connectivity index (χ0) is 15.3. The molecule has 1 aliphatic rings. The van der Waals surface area contributed by atoms with Gasteiger partial charge >= 0.3 is 6.61 Å². The Balaban J connectivity index is 2.01. The fraction of sp³-hybridized carbons (Fsp3) is 0.500. The zero-order valence-corrected chi connectivity index (χ0v) is 11.7. The fourth-order valence-electron chi connectivity index (χ4n) is 2.32. The first-order valence-corrected chi connectivity index (χ1v) is 6.68. The van der Waals surface area contributed by atoms with Crippen LogP contribution in [0.2, 0.25) is 0 Å². The van der Waals surface area contributed by atoms with Crippen molar-refractivity contribution in [3.05, 3.63) is 24.3 Å². The number of hydrogen-bond donors (Lipinski definition) is 2. The van der Waals surface area contributed by atoms with E-state index in [1.54, 1.807) is 0 Å². The number of halogens is 2. The average Bonchev–Trinajstić information content (AvgIpc) is 2.49. The third-order valence-electron chi connectivity index (χ3n) is 3.55. The molecule has 1 saturated heterocycles. The van der Waals surface area contributed by atoms with Gasteiger partial charge in [0.1, 0.15) is 11.4 Å². The van der Waals surface area contributed by atoms with Crippen LogP contribution < -0.4 is 15.4 Å².